The Kier molecular flexibility index (Phi) is 3.15. The summed E-state index contributed by atoms with van der Waals surface area (Å²) in [7, 11) is 0. The van der Waals surface area contributed by atoms with Crippen molar-refractivity contribution < 1.29 is 0 Å². The van der Waals surface area contributed by atoms with E-state index in [1.807, 2.05) is 6.07 Å². The first-order valence-electron chi connectivity index (χ1n) is 5.43. The van der Waals surface area contributed by atoms with Crippen LogP contribution < -0.4 is 0 Å². The van der Waals surface area contributed by atoms with Gasteiger partial charge in [-0.3, -0.25) is 0 Å². The van der Waals surface area contributed by atoms with E-state index in [1.165, 1.54) is 16.7 Å². The van der Waals surface area contributed by atoms with Crippen LogP contribution >= 0.6 is 15.9 Å². The highest BCUT2D eigenvalue weighted by atomic mass is 79.9. The molecule has 0 atom stereocenters. The summed E-state index contributed by atoms with van der Waals surface area (Å²) in [5, 5.41) is 0. The Hall–Kier alpha value is -1.08. The molecule has 0 nitrogen and oxygen atoms in total. The topological polar surface area (TPSA) is 0 Å². The van der Waals surface area contributed by atoms with Crippen LogP contribution in [0, 0.1) is 0 Å². The van der Waals surface area contributed by atoms with E-state index in [0.717, 1.165) is 0 Å². The van der Waals surface area contributed by atoms with E-state index in [9.17, 15) is 0 Å². The van der Waals surface area contributed by atoms with Gasteiger partial charge < -0.3 is 0 Å². The standard InChI is InChI=1S/C15H15Br/c1-15(2,16)14-11-7-6-10-13(14)12-8-4-3-5-9-12/h3-11H,1-2H3. The third-order valence-electron chi connectivity index (χ3n) is 2.65. The Morgan fingerprint density at radius 2 is 1.38 bits per heavy atom. The Morgan fingerprint density at radius 3 is 2.00 bits per heavy atom. The highest BCUT2D eigenvalue weighted by molar-refractivity contribution is 9.09. The van der Waals surface area contributed by atoms with Gasteiger partial charge in [0.1, 0.15) is 0 Å². The average molecular weight is 275 g/mol. The van der Waals surface area contributed by atoms with E-state index in [1.54, 1.807) is 0 Å². The van der Waals surface area contributed by atoms with Crippen LogP contribution in [-0.4, -0.2) is 0 Å². The van der Waals surface area contributed by atoms with Gasteiger partial charge in [-0.25, -0.2) is 0 Å². The predicted molar refractivity (Wildman–Crippen MR) is 73.8 cm³/mol. The third kappa shape index (κ3) is 2.35. The lowest BCUT2D eigenvalue weighted by Crippen LogP contribution is -2.08. The minimum absolute atomic E-state index is 0.000561. The molecule has 0 fully saturated rings. The number of hydrogen-bond donors (Lipinski definition) is 0. The fourth-order valence-electron chi connectivity index (χ4n) is 1.87. The van der Waals surface area contributed by atoms with Crippen molar-refractivity contribution in [2.45, 2.75) is 18.2 Å². The molecule has 2 rings (SSSR count). The molecule has 2 aromatic rings. The quantitative estimate of drug-likeness (QED) is 0.678. The van der Waals surface area contributed by atoms with Crippen molar-refractivity contribution in [1.82, 2.24) is 0 Å². The van der Waals surface area contributed by atoms with Gasteiger partial charge in [0.2, 0.25) is 0 Å². The zero-order valence-electron chi connectivity index (χ0n) is 9.57. The number of benzene rings is 2. The molecule has 0 unspecified atom stereocenters. The molecule has 0 aromatic heterocycles. The highest BCUT2D eigenvalue weighted by Gasteiger charge is 2.19. The molecule has 0 aliphatic heterocycles. The van der Waals surface area contributed by atoms with E-state index >= 15 is 0 Å². The van der Waals surface area contributed by atoms with Crippen LogP contribution in [0.3, 0.4) is 0 Å². The molecule has 0 amide bonds. The second-order valence-electron chi connectivity index (χ2n) is 4.38. The second kappa shape index (κ2) is 4.42. The summed E-state index contributed by atoms with van der Waals surface area (Å²) in [4.78, 5) is 0. The molecule has 0 spiro atoms. The van der Waals surface area contributed by atoms with Crippen LogP contribution in [-0.2, 0) is 4.32 Å². The van der Waals surface area contributed by atoms with E-state index < -0.39 is 0 Å². The number of hydrogen-bond acceptors (Lipinski definition) is 0. The summed E-state index contributed by atoms with van der Waals surface area (Å²) < 4.78 is -0.000561. The van der Waals surface area contributed by atoms with Crippen molar-refractivity contribution in [2.24, 2.45) is 0 Å². The largest absolute Gasteiger partial charge is 0.0807 e. The molecule has 0 bridgehead atoms. The zero-order chi connectivity index (χ0) is 11.6. The molecule has 0 saturated carbocycles. The Bertz CT molecular complexity index is 466. The van der Waals surface area contributed by atoms with Crippen LogP contribution in [0.5, 0.6) is 0 Å². The minimum Gasteiger partial charge on any atom is -0.0807 e. The van der Waals surface area contributed by atoms with Gasteiger partial charge in [-0.1, -0.05) is 70.5 Å². The van der Waals surface area contributed by atoms with Gasteiger partial charge in [0.15, 0.2) is 0 Å². The summed E-state index contributed by atoms with van der Waals surface area (Å²) in [5.74, 6) is 0. The van der Waals surface area contributed by atoms with Gasteiger partial charge >= 0.3 is 0 Å². The Labute approximate surface area is 105 Å². The highest BCUT2D eigenvalue weighted by Crippen LogP contribution is 2.36. The van der Waals surface area contributed by atoms with Gasteiger partial charge in [-0.05, 0) is 30.5 Å². The predicted octanol–water partition coefficient (Wildman–Crippen LogP) is 4.98. The zero-order valence-corrected chi connectivity index (χ0v) is 11.2. The molecular weight excluding hydrogens is 260 g/mol. The average Bonchev–Trinajstić information content (AvgIpc) is 2.29. The van der Waals surface area contributed by atoms with Crippen molar-refractivity contribution in [3.63, 3.8) is 0 Å². The van der Waals surface area contributed by atoms with Crippen molar-refractivity contribution in [2.75, 3.05) is 0 Å². The van der Waals surface area contributed by atoms with Crippen molar-refractivity contribution in [1.29, 1.82) is 0 Å². The normalized spacial score (nSPS) is 11.4. The van der Waals surface area contributed by atoms with Crippen LogP contribution in [0.1, 0.15) is 19.4 Å². The molecule has 0 aliphatic carbocycles. The molecule has 0 saturated heterocycles. The SMILES string of the molecule is CC(C)(Br)c1ccccc1-c1ccccc1. The Morgan fingerprint density at radius 1 is 0.812 bits per heavy atom. The third-order valence-corrected chi connectivity index (χ3v) is 3.08. The molecule has 0 aliphatic rings. The molecule has 0 N–H and O–H groups in total. The van der Waals surface area contributed by atoms with Gasteiger partial charge in [0, 0.05) is 4.32 Å². The second-order valence-corrected chi connectivity index (χ2v) is 6.37. The summed E-state index contributed by atoms with van der Waals surface area (Å²) >= 11 is 3.73. The van der Waals surface area contributed by atoms with Gasteiger partial charge in [0.25, 0.3) is 0 Å². The lowest BCUT2D eigenvalue weighted by molar-refractivity contribution is 0.805. The molecular formula is C15H15Br. The van der Waals surface area contributed by atoms with Crippen molar-refractivity contribution >= 4 is 15.9 Å². The van der Waals surface area contributed by atoms with Crippen LogP contribution in [0.2, 0.25) is 0 Å². The first kappa shape index (κ1) is 11.4. The lowest BCUT2D eigenvalue weighted by atomic mass is 9.92. The summed E-state index contributed by atoms with van der Waals surface area (Å²) in [5.41, 5.74) is 3.89. The smallest absolute Gasteiger partial charge is 0.0455 e. The maximum atomic E-state index is 3.73. The van der Waals surface area contributed by atoms with Crippen molar-refractivity contribution in [3.8, 4) is 11.1 Å². The van der Waals surface area contributed by atoms with Crippen LogP contribution in [0.4, 0.5) is 0 Å². The minimum atomic E-state index is -0.000561. The first-order chi connectivity index (χ1) is 7.59. The number of halogens is 1. The monoisotopic (exact) mass is 274 g/mol. The van der Waals surface area contributed by atoms with E-state index in [4.69, 9.17) is 0 Å². The number of rotatable bonds is 2. The Balaban J connectivity index is 2.58. The molecule has 0 heterocycles. The van der Waals surface area contributed by atoms with E-state index in [2.05, 4.69) is 78.3 Å². The van der Waals surface area contributed by atoms with Gasteiger partial charge in [0.05, 0.1) is 0 Å². The van der Waals surface area contributed by atoms with Gasteiger partial charge in [-0.15, -0.1) is 0 Å². The number of alkyl halides is 1. The summed E-state index contributed by atoms with van der Waals surface area (Å²) in [6, 6.07) is 19.0. The van der Waals surface area contributed by atoms with E-state index in [-0.39, 0.29) is 4.32 Å². The molecule has 0 radical (unpaired) electrons. The molecule has 82 valence electrons. The molecule has 1 heteroatoms. The summed E-state index contributed by atoms with van der Waals surface area (Å²) in [6.07, 6.45) is 0. The fourth-order valence-corrected chi connectivity index (χ4v) is 2.22. The lowest BCUT2D eigenvalue weighted by Gasteiger charge is -2.21. The van der Waals surface area contributed by atoms with E-state index in [0.29, 0.717) is 0 Å². The molecule has 2 aromatic carbocycles. The van der Waals surface area contributed by atoms with Gasteiger partial charge in [-0.2, -0.15) is 0 Å². The van der Waals surface area contributed by atoms with Crippen LogP contribution in [0.15, 0.2) is 54.6 Å². The molecule has 16 heavy (non-hydrogen) atoms. The van der Waals surface area contributed by atoms with Crippen molar-refractivity contribution in [3.05, 3.63) is 60.2 Å². The van der Waals surface area contributed by atoms with Crippen LogP contribution in [0.25, 0.3) is 11.1 Å². The summed E-state index contributed by atoms with van der Waals surface area (Å²) in [6.45, 7) is 4.35. The maximum Gasteiger partial charge on any atom is 0.0455 e. The first-order valence-corrected chi connectivity index (χ1v) is 6.22. The maximum absolute atomic E-state index is 3.73. The fraction of sp³-hybridized carbons (Fsp3) is 0.200.